The third-order valence-corrected chi connectivity index (χ3v) is 5.41. The number of nitrogens with zero attached hydrogens (tertiary/aromatic N) is 1. The molecule has 3 rings (SSSR count). The molecule has 1 unspecified atom stereocenters. The summed E-state index contributed by atoms with van der Waals surface area (Å²) in [4.78, 5) is 3.77. The molecule has 0 bridgehead atoms. The highest BCUT2D eigenvalue weighted by molar-refractivity contribution is 7.16. The van der Waals surface area contributed by atoms with Gasteiger partial charge in [-0.15, -0.1) is 11.3 Å². The van der Waals surface area contributed by atoms with Crippen LogP contribution in [0.25, 0.3) is 0 Å². The van der Waals surface area contributed by atoms with Crippen molar-refractivity contribution < 1.29 is 0 Å². The Morgan fingerprint density at radius 3 is 2.57 bits per heavy atom. The summed E-state index contributed by atoms with van der Waals surface area (Å²) < 4.78 is 0.850. The van der Waals surface area contributed by atoms with E-state index in [1.165, 1.54) is 35.5 Å². The van der Waals surface area contributed by atoms with Crippen LogP contribution in [0.15, 0.2) is 36.4 Å². The Labute approximate surface area is 135 Å². The van der Waals surface area contributed by atoms with Crippen LogP contribution in [0.2, 0.25) is 4.34 Å². The van der Waals surface area contributed by atoms with E-state index < -0.39 is 0 Å². The second-order valence-electron chi connectivity index (χ2n) is 5.57. The van der Waals surface area contributed by atoms with Crippen LogP contribution in [0.1, 0.15) is 37.1 Å². The van der Waals surface area contributed by atoms with Crippen LogP contribution in [0.3, 0.4) is 0 Å². The van der Waals surface area contributed by atoms with Crippen molar-refractivity contribution in [1.29, 1.82) is 0 Å². The van der Waals surface area contributed by atoms with Crippen molar-refractivity contribution in [2.45, 2.75) is 32.2 Å². The molecule has 1 atom stereocenters. The summed E-state index contributed by atoms with van der Waals surface area (Å²) in [5.41, 5.74) is 2.54. The number of hydrogen-bond acceptors (Lipinski definition) is 3. The van der Waals surface area contributed by atoms with Crippen molar-refractivity contribution in [3.05, 3.63) is 45.6 Å². The van der Waals surface area contributed by atoms with Crippen LogP contribution in [0.5, 0.6) is 0 Å². The van der Waals surface area contributed by atoms with Crippen molar-refractivity contribution in [2.24, 2.45) is 0 Å². The van der Waals surface area contributed by atoms with E-state index in [9.17, 15) is 0 Å². The first-order chi connectivity index (χ1) is 10.2. The van der Waals surface area contributed by atoms with Crippen LogP contribution in [-0.4, -0.2) is 13.1 Å². The second-order valence-corrected chi connectivity index (χ2v) is 7.32. The predicted octanol–water partition coefficient (Wildman–Crippen LogP) is 5.56. The van der Waals surface area contributed by atoms with Crippen LogP contribution >= 0.6 is 22.9 Å². The molecule has 0 saturated carbocycles. The first-order valence-corrected chi connectivity index (χ1v) is 8.79. The third kappa shape index (κ3) is 3.53. The fraction of sp³-hybridized carbons (Fsp3) is 0.412. The van der Waals surface area contributed by atoms with Gasteiger partial charge in [-0.3, -0.25) is 0 Å². The topological polar surface area (TPSA) is 15.3 Å². The fourth-order valence-electron chi connectivity index (χ4n) is 2.87. The smallest absolute Gasteiger partial charge is 0.0932 e. The summed E-state index contributed by atoms with van der Waals surface area (Å²) in [5, 5.41) is 3.65. The largest absolute Gasteiger partial charge is 0.376 e. The maximum absolute atomic E-state index is 6.04. The van der Waals surface area contributed by atoms with Gasteiger partial charge < -0.3 is 10.2 Å². The monoisotopic (exact) mass is 320 g/mol. The van der Waals surface area contributed by atoms with Gasteiger partial charge in [0.2, 0.25) is 0 Å². The molecule has 1 N–H and O–H groups in total. The number of anilines is 2. The van der Waals surface area contributed by atoms with Gasteiger partial charge in [0.25, 0.3) is 0 Å². The Morgan fingerprint density at radius 1 is 1.10 bits per heavy atom. The van der Waals surface area contributed by atoms with Crippen molar-refractivity contribution in [1.82, 2.24) is 0 Å². The van der Waals surface area contributed by atoms with Crippen molar-refractivity contribution in [3.63, 3.8) is 0 Å². The van der Waals surface area contributed by atoms with E-state index in [1.807, 2.05) is 6.07 Å². The van der Waals surface area contributed by atoms with Crippen LogP contribution in [0.4, 0.5) is 11.4 Å². The number of halogens is 1. The molecule has 1 aromatic heterocycles. The normalized spacial score (nSPS) is 16.8. The Bertz CT molecular complexity index is 590. The summed E-state index contributed by atoms with van der Waals surface area (Å²) in [6.45, 7) is 4.52. The Kier molecular flexibility index (Phi) is 4.71. The van der Waals surface area contributed by atoms with Gasteiger partial charge in [0.05, 0.1) is 21.8 Å². The van der Waals surface area contributed by atoms with Crippen LogP contribution < -0.4 is 10.2 Å². The lowest BCUT2D eigenvalue weighted by Gasteiger charge is -2.31. The minimum absolute atomic E-state index is 0.272. The zero-order valence-electron chi connectivity index (χ0n) is 12.3. The van der Waals surface area contributed by atoms with E-state index in [1.54, 1.807) is 11.3 Å². The zero-order valence-corrected chi connectivity index (χ0v) is 13.9. The average molecular weight is 321 g/mol. The number of rotatable bonds is 4. The number of thiophene rings is 1. The van der Waals surface area contributed by atoms with Crippen molar-refractivity contribution >= 4 is 34.3 Å². The second kappa shape index (κ2) is 6.71. The maximum atomic E-state index is 6.04. The van der Waals surface area contributed by atoms with E-state index in [2.05, 4.69) is 47.5 Å². The Morgan fingerprint density at radius 2 is 1.86 bits per heavy atom. The minimum Gasteiger partial charge on any atom is -0.376 e. The molecule has 0 aliphatic carbocycles. The van der Waals surface area contributed by atoms with Gasteiger partial charge >= 0.3 is 0 Å². The number of hydrogen-bond donors (Lipinski definition) is 1. The molecular formula is C17H21ClN2S. The molecule has 0 amide bonds. The molecule has 2 aromatic rings. The lowest BCUT2D eigenvalue weighted by molar-refractivity contribution is 0.578. The predicted molar refractivity (Wildman–Crippen MR) is 93.9 cm³/mol. The van der Waals surface area contributed by atoms with Crippen molar-refractivity contribution in [2.75, 3.05) is 23.3 Å². The van der Waals surface area contributed by atoms with E-state index in [-0.39, 0.29) is 6.04 Å². The number of benzene rings is 1. The molecular weight excluding hydrogens is 300 g/mol. The number of nitrogens with one attached hydrogen (secondary N) is 1. The molecule has 1 fully saturated rings. The van der Waals surface area contributed by atoms with Crippen LogP contribution in [0, 0.1) is 0 Å². The standard InChI is InChI=1S/C17H21ClN2S/c1-13(16-9-10-17(18)21-16)19-14-7-3-4-8-15(14)20-11-5-2-6-12-20/h3-4,7-10,13,19H,2,5-6,11-12H2,1H3. The van der Waals surface area contributed by atoms with E-state index in [4.69, 9.17) is 11.6 Å². The van der Waals surface area contributed by atoms with E-state index >= 15 is 0 Å². The molecule has 2 nitrogen and oxygen atoms in total. The maximum Gasteiger partial charge on any atom is 0.0932 e. The van der Waals surface area contributed by atoms with Gasteiger partial charge in [-0.25, -0.2) is 0 Å². The molecule has 1 aromatic carbocycles. The first kappa shape index (κ1) is 14.7. The summed E-state index contributed by atoms with van der Waals surface area (Å²) >= 11 is 7.69. The van der Waals surface area contributed by atoms with Gasteiger partial charge in [0.15, 0.2) is 0 Å². The summed E-state index contributed by atoms with van der Waals surface area (Å²) in [7, 11) is 0. The van der Waals surface area contributed by atoms with E-state index in [0.717, 1.165) is 17.4 Å². The third-order valence-electron chi connectivity index (χ3n) is 3.99. The number of piperidine rings is 1. The van der Waals surface area contributed by atoms with E-state index in [0.29, 0.717) is 0 Å². The Hall–Kier alpha value is -1.19. The van der Waals surface area contributed by atoms with Gasteiger partial charge in [-0.05, 0) is 50.5 Å². The summed E-state index contributed by atoms with van der Waals surface area (Å²) in [6.07, 6.45) is 3.95. The Balaban J connectivity index is 1.78. The van der Waals surface area contributed by atoms with Gasteiger partial charge in [0.1, 0.15) is 0 Å². The molecule has 21 heavy (non-hydrogen) atoms. The highest BCUT2D eigenvalue weighted by atomic mass is 35.5. The molecule has 4 heteroatoms. The molecule has 2 heterocycles. The lowest BCUT2D eigenvalue weighted by atomic mass is 10.1. The average Bonchev–Trinajstić information content (AvgIpc) is 2.95. The van der Waals surface area contributed by atoms with Gasteiger partial charge in [-0.1, -0.05) is 23.7 Å². The minimum atomic E-state index is 0.272. The lowest BCUT2D eigenvalue weighted by Crippen LogP contribution is -2.30. The molecule has 0 spiro atoms. The first-order valence-electron chi connectivity index (χ1n) is 7.60. The molecule has 112 valence electrons. The SMILES string of the molecule is CC(Nc1ccccc1N1CCCCC1)c1ccc(Cl)s1. The van der Waals surface area contributed by atoms with Crippen LogP contribution in [-0.2, 0) is 0 Å². The zero-order chi connectivity index (χ0) is 14.7. The molecule has 1 aliphatic rings. The van der Waals surface area contributed by atoms with Crippen molar-refractivity contribution in [3.8, 4) is 0 Å². The molecule has 0 radical (unpaired) electrons. The molecule has 1 aliphatic heterocycles. The number of para-hydroxylation sites is 2. The fourth-order valence-corrected chi connectivity index (χ4v) is 3.93. The highest BCUT2D eigenvalue weighted by Crippen LogP contribution is 2.33. The van der Waals surface area contributed by atoms with Gasteiger partial charge in [0, 0.05) is 18.0 Å². The van der Waals surface area contributed by atoms with Gasteiger partial charge in [-0.2, -0.15) is 0 Å². The molecule has 1 saturated heterocycles. The summed E-state index contributed by atoms with van der Waals surface area (Å²) in [5.74, 6) is 0. The highest BCUT2D eigenvalue weighted by Gasteiger charge is 2.16. The quantitative estimate of drug-likeness (QED) is 0.792. The summed E-state index contributed by atoms with van der Waals surface area (Å²) in [6, 6.07) is 13.0.